The molecule has 29 heavy (non-hydrogen) atoms. The molecule has 0 unspecified atom stereocenters. The molecular formula is C22H27ClN4O2. The molecule has 3 N–H and O–H groups in total. The zero-order valence-electron chi connectivity index (χ0n) is 16.8. The smallest absolute Gasteiger partial charge is 0.226 e. The number of nitrogens with one attached hydrogen (secondary N) is 3. The molecule has 0 aromatic heterocycles. The van der Waals surface area contributed by atoms with Gasteiger partial charge in [0.1, 0.15) is 5.75 Å². The Bertz CT molecular complexity index is 898. The SMILES string of the molecule is CN=C(NCCC(=O)Nc1ccc(C)cc1Cl)NCCc1ccc2c(c1)CCO2. The Hall–Kier alpha value is -2.73. The molecular weight excluding hydrogens is 388 g/mol. The molecule has 154 valence electrons. The number of halogens is 1. The Balaban J connectivity index is 1.37. The number of aliphatic imine (C=N–C) groups is 1. The maximum absolute atomic E-state index is 12.1. The molecule has 0 saturated heterocycles. The van der Waals surface area contributed by atoms with Crippen LogP contribution in [0.15, 0.2) is 41.4 Å². The van der Waals surface area contributed by atoms with Crippen LogP contribution in [0.5, 0.6) is 5.75 Å². The number of hydrogen-bond acceptors (Lipinski definition) is 3. The molecule has 2 aromatic carbocycles. The summed E-state index contributed by atoms with van der Waals surface area (Å²) in [5.41, 5.74) is 4.23. The van der Waals surface area contributed by atoms with Crippen LogP contribution in [-0.2, 0) is 17.6 Å². The van der Waals surface area contributed by atoms with Crippen LogP contribution in [0.25, 0.3) is 0 Å². The summed E-state index contributed by atoms with van der Waals surface area (Å²) in [4.78, 5) is 16.3. The number of hydrogen-bond donors (Lipinski definition) is 3. The highest BCUT2D eigenvalue weighted by molar-refractivity contribution is 6.33. The molecule has 0 atom stereocenters. The van der Waals surface area contributed by atoms with E-state index in [1.165, 1.54) is 11.1 Å². The van der Waals surface area contributed by atoms with Gasteiger partial charge in [0.15, 0.2) is 5.96 Å². The zero-order chi connectivity index (χ0) is 20.6. The number of fused-ring (bicyclic) bond motifs is 1. The highest BCUT2D eigenvalue weighted by Crippen LogP contribution is 2.26. The predicted octanol–water partition coefficient (Wildman–Crippen LogP) is 3.32. The Kier molecular flexibility index (Phi) is 7.36. The molecule has 0 radical (unpaired) electrons. The van der Waals surface area contributed by atoms with E-state index in [4.69, 9.17) is 16.3 Å². The summed E-state index contributed by atoms with van der Waals surface area (Å²) in [6.07, 6.45) is 2.19. The number of anilines is 1. The summed E-state index contributed by atoms with van der Waals surface area (Å²) in [5, 5.41) is 9.82. The Morgan fingerprint density at radius 1 is 1.17 bits per heavy atom. The van der Waals surface area contributed by atoms with Crippen LogP contribution in [0.1, 0.15) is 23.1 Å². The van der Waals surface area contributed by atoms with Gasteiger partial charge in [0, 0.05) is 33.0 Å². The minimum absolute atomic E-state index is 0.0981. The number of ether oxygens (including phenoxy) is 1. The number of guanidine groups is 1. The second kappa shape index (κ2) is 10.2. The van der Waals surface area contributed by atoms with Crippen molar-refractivity contribution in [2.75, 3.05) is 32.1 Å². The fourth-order valence-corrected chi connectivity index (χ4v) is 3.45. The Labute approximate surface area is 176 Å². The van der Waals surface area contributed by atoms with Crippen LogP contribution < -0.4 is 20.7 Å². The monoisotopic (exact) mass is 414 g/mol. The number of carbonyl (C=O) groups excluding carboxylic acids is 1. The van der Waals surface area contributed by atoms with Crippen LogP contribution in [0.2, 0.25) is 5.02 Å². The minimum Gasteiger partial charge on any atom is -0.493 e. The maximum Gasteiger partial charge on any atom is 0.226 e. The number of nitrogens with zero attached hydrogens (tertiary/aromatic N) is 1. The van der Waals surface area contributed by atoms with Gasteiger partial charge in [0.25, 0.3) is 0 Å². The molecule has 1 amide bonds. The lowest BCUT2D eigenvalue weighted by Gasteiger charge is -2.12. The fraction of sp³-hybridized carbons (Fsp3) is 0.364. The quantitative estimate of drug-likeness (QED) is 0.480. The van der Waals surface area contributed by atoms with Gasteiger partial charge in [-0.25, -0.2) is 0 Å². The topological polar surface area (TPSA) is 74.8 Å². The molecule has 0 aliphatic carbocycles. The first-order valence-electron chi connectivity index (χ1n) is 9.80. The second-order valence-electron chi connectivity index (χ2n) is 7.00. The van der Waals surface area contributed by atoms with Crippen molar-refractivity contribution in [2.24, 2.45) is 4.99 Å². The van der Waals surface area contributed by atoms with Crippen molar-refractivity contribution < 1.29 is 9.53 Å². The maximum atomic E-state index is 12.1. The van der Waals surface area contributed by atoms with Gasteiger partial charge in [-0.2, -0.15) is 0 Å². The van der Waals surface area contributed by atoms with Gasteiger partial charge < -0.3 is 20.7 Å². The van der Waals surface area contributed by atoms with Crippen LogP contribution in [0.4, 0.5) is 5.69 Å². The van der Waals surface area contributed by atoms with E-state index >= 15 is 0 Å². The molecule has 6 nitrogen and oxygen atoms in total. The zero-order valence-corrected chi connectivity index (χ0v) is 17.6. The number of rotatable bonds is 7. The highest BCUT2D eigenvalue weighted by atomic mass is 35.5. The van der Waals surface area contributed by atoms with Gasteiger partial charge in [-0.05, 0) is 48.2 Å². The van der Waals surface area contributed by atoms with E-state index in [-0.39, 0.29) is 5.91 Å². The average molecular weight is 415 g/mol. The molecule has 1 aliphatic heterocycles. The van der Waals surface area contributed by atoms with Gasteiger partial charge in [-0.1, -0.05) is 29.8 Å². The number of benzene rings is 2. The lowest BCUT2D eigenvalue weighted by molar-refractivity contribution is -0.116. The van der Waals surface area contributed by atoms with Crippen molar-refractivity contribution in [2.45, 2.75) is 26.2 Å². The van der Waals surface area contributed by atoms with E-state index in [9.17, 15) is 4.79 Å². The largest absolute Gasteiger partial charge is 0.493 e. The summed E-state index contributed by atoms with van der Waals surface area (Å²) in [6, 6.07) is 11.9. The van der Waals surface area contributed by atoms with Gasteiger partial charge in [0.2, 0.25) is 5.91 Å². The van der Waals surface area contributed by atoms with E-state index < -0.39 is 0 Å². The van der Waals surface area contributed by atoms with Crippen molar-refractivity contribution in [3.8, 4) is 5.75 Å². The molecule has 0 fully saturated rings. The van der Waals surface area contributed by atoms with Gasteiger partial charge in [0.05, 0.1) is 17.3 Å². The number of amides is 1. The van der Waals surface area contributed by atoms with Crippen molar-refractivity contribution >= 4 is 29.2 Å². The van der Waals surface area contributed by atoms with E-state index in [1.54, 1.807) is 7.05 Å². The second-order valence-corrected chi connectivity index (χ2v) is 7.40. The summed E-state index contributed by atoms with van der Waals surface area (Å²) >= 11 is 6.15. The molecule has 3 rings (SSSR count). The van der Waals surface area contributed by atoms with Crippen molar-refractivity contribution in [1.82, 2.24) is 10.6 Å². The molecule has 1 aliphatic rings. The summed E-state index contributed by atoms with van der Waals surface area (Å²) < 4.78 is 5.54. The fourth-order valence-electron chi connectivity index (χ4n) is 3.17. The number of carbonyl (C=O) groups is 1. The lowest BCUT2D eigenvalue weighted by Crippen LogP contribution is -2.39. The molecule has 2 aromatic rings. The predicted molar refractivity (Wildman–Crippen MR) is 118 cm³/mol. The summed E-state index contributed by atoms with van der Waals surface area (Å²) in [5.74, 6) is 1.58. The first kappa shape index (κ1) is 21.0. The van der Waals surface area contributed by atoms with E-state index in [1.807, 2.05) is 31.2 Å². The van der Waals surface area contributed by atoms with Crippen LogP contribution in [-0.4, -0.2) is 38.6 Å². The van der Waals surface area contributed by atoms with Crippen LogP contribution in [0.3, 0.4) is 0 Å². The average Bonchev–Trinajstić information content (AvgIpc) is 3.17. The molecule has 7 heteroatoms. The van der Waals surface area contributed by atoms with Gasteiger partial charge >= 0.3 is 0 Å². The summed E-state index contributed by atoms with van der Waals surface area (Å²) in [6.45, 7) is 3.96. The van der Waals surface area contributed by atoms with Crippen molar-refractivity contribution in [3.05, 3.63) is 58.1 Å². The van der Waals surface area contributed by atoms with Crippen molar-refractivity contribution in [3.63, 3.8) is 0 Å². The first-order valence-corrected chi connectivity index (χ1v) is 10.2. The standard InChI is InChI=1S/C22H27ClN4O2/c1-15-3-5-19(18(23)13-15)27-21(28)8-11-26-22(24-2)25-10-7-16-4-6-20-17(14-16)9-12-29-20/h3-6,13-14H,7-12H2,1-2H3,(H,27,28)(H2,24,25,26). The van der Waals surface area contributed by atoms with Gasteiger partial charge in [-0.15, -0.1) is 0 Å². The van der Waals surface area contributed by atoms with E-state index in [0.717, 1.165) is 37.3 Å². The molecule has 0 saturated carbocycles. The Morgan fingerprint density at radius 3 is 2.79 bits per heavy atom. The normalized spacial score (nSPS) is 12.9. The van der Waals surface area contributed by atoms with Crippen LogP contribution in [0, 0.1) is 6.92 Å². The lowest BCUT2D eigenvalue weighted by atomic mass is 10.1. The first-order chi connectivity index (χ1) is 14.0. The summed E-state index contributed by atoms with van der Waals surface area (Å²) in [7, 11) is 1.72. The van der Waals surface area contributed by atoms with E-state index in [0.29, 0.717) is 29.6 Å². The van der Waals surface area contributed by atoms with Gasteiger partial charge in [-0.3, -0.25) is 9.79 Å². The Morgan fingerprint density at radius 2 is 2.00 bits per heavy atom. The molecule has 1 heterocycles. The van der Waals surface area contributed by atoms with Crippen molar-refractivity contribution in [1.29, 1.82) is 0 Å². The minimum atomic E-state index is -0.0981. The van der Waals surface area contributed by atoms with E-state index in [2.05, 4.69) is 33.1 Å². The third-order valence-electron chi connectivity index (χ3n) is 4.73. The molecule has 0 bridgehead atoms. The molecule has 0 spiro atoms. The highest BCUT2D eigenvalue weighted by Gasteiger charge is 2.12. The number of aryl methyl sites for hydroxylation is 1. The third kappa shape index (κ3) is 6.12. The third-order valence-corrected chi connectivity index (χ3v) is 5.04. The van der Waals surface area contributed by atoms with Crippen LogP contribution >= 0.6 is 11.6 Å².